The van der Waals surface area contributed by atoms with E-state index < -0.39 is 84.5 Å². The molecule has 1 aliphatic heterocycles. The van der Waals surface area contributed by atoms with Gasteiger partial charge in [0.05, 0.1) is 36.7 Å². The summed E-state index contributed by atoms with van der Waals surface area (Å²) in [6, 6.07) is 3.46. The molecule has 53 heavy (non-hydrogen) atoms. The Kier molecular flexibility index (Phi) is 16.4. The second-order valence-electron chi connectivity index (χ2n) is 12.3. The van der Waals surface area contributed by atoms with E-state index in [2.05, 4.69) is 52.5 Å². The van der Waals surface area contributed by atoms with Gasteiger partial charge in [-0.15, -0.1) is 0 Å². The average molecular weight is 736 g/mol. The Morgan fingerprint density at radius 1 is 0.868 bits per heavy atom. The minimum atomic E-state index is -1.37. The van der Waals surface area contributed by atoms with Crippen molar-refractivity contribution in [2.45, 2.75) is 76.5 Å². The topological polar surface area (TPSA) is 285 Å². The highest BCUT2D eigenvalue weighted by atomic mass is 16.2. The first-order valence-corrected chi connectivity index (χ1v) is 17.1. The number of rotatable bonds is 7. The Hall–Kier alpha value is -6.32. The lowest BCUT2D eigenvalue weighted by Gasteiger charge is -2.25. The molecular formula is C34H45N11O8. The molecular weight excluding hydrogens is 690 g/mol. The van der Waals surface area contributed by atoms with Crippen molar-refractivity contribution in [1.29, 1.82) is 5.26 Å². The zero-order valence-corrected chi connectivity index (χ0v) is 29.5. The summed E-state index contributed by atoms with van der Waals surface area (Å²) in [5.41, 5.74) is 1.01. The SMILES string of the molecule is CC(=O)NCC(=O)N[C@H]1CCC(=O)NCCCCNC(=O)[C@H](C)NC(=O)CNC(=O)[C@@H](Cc2ccccc2C#N)NC(=O)[C@H](Cc2c[nH]cn2)NC1=O. The van der Waals surface area contributed by atoms with Gasteiger partial charge in [0, 0.05) is 45.5 Å². The third-order valence-corrected chi connectivity index (χ3v) is 8.02. The van der Waals surface area contributed by atoms with E-state index in [-0.39, 0.29) is 44.3 Å². The van der Waals surface area contributed by atoms with Gasteiger partial charge in [-0.25, -0.2) is 4.98 Å². The zero-order valence-electron chi connectivity index (χ0n) is 29.5. The number of amides is 8. The number of H-pyrrole nitrogens is 1. The van der Waals surface area contributed by atoms with Crippen LogP contribution in [0.15, 0.2) is 36.8 Å². The second kappa shape index (κ2) is 21.1. The Morgan fingerprint density at radius 2 is 1.57 bits per heavy atom. The second-order valence-corrected chi connectivity index (χ2v) is 12.3. The van der Waals surface area contributed by atoms with Gasteiger partial charge in [-0.2, -0.15) is 5.26 Å². The zero-order chi connectivity index (χ0) is 38.8. The Labute approximate surface area is 305 Å². The first kappa shape index (κ1) is 41.1. The molecule has 1 aromatic heterocycles. The maximum absolute atomic E-state index is 13.9. The number of carbonyl (C=O) groups is 8. The van der Waals surface area contributed by atoms with Crippen molar-refractivity contribution in [3.05, 3.63) is 53.6 Å². The third kappa shape index (κ3) is 14.4. The standard InChI is InChI=1S/C34H45N11O8/c1-20-31(50)38-12-6-5-11-37-28(47)10-9-25(43-30(49)17-39-21(2)46)33(52)45-27(14-24-16-36-19-41-24)34(53)44-26(32(51)40-18-29(48)42-20)13-22-7-3-4-8-23(22)15-35/h3-4,7-8,16,19-20,25-27H,5-6,9-14,17-18H2,1-2H3,(H,36,41)(H,37,47)(H,38,50)(H,39,46)(H,40,51)(H,42,48)(H,43,49)(H,44,53)(H,45,52)/t20-,25-,26+,27-/m0/s1. The molecule has 2 aromatic rings. The van der Waals surface area contributed by atoms with Gasteiger partial charge in [-0.3, -0.25) is 38.4 Å². The van der Waals surface area contributed by atoms with Gasteiger partial charge in [0.15, 0.2) is 0 Å². The van der Waals surface area contributed by atoms with E-state index in [1.165, 1.54) is 32.4 Å². The molecule has 8 amide bonds. The number of imidazole rings is 1. The van der Waals surface area contributed by atoms with Crippen molar-refractivity contribution < 1.29 is 38.4 Å². The van der Waals surface area contributed by atoms with E-state index in [1.807, 2.05) is 6.07 Å². The number of nitrogens with zero attached hydrogens (tertiary/aromatic N) is 2. The molecule has 0 spiro atoms. The summed E-state index contributed by atoms with van der Waals surface area (Å²) in [6.45, 7) is 2.22. The van der Waals surface area contributed by atoms with Crippen molar-refractivity contribution in [1.82, 2.24) is 52.5 Å². The molecule has 1 saturated heterocycles. The average Bonchev–Trinajstić information content (AvgIpc) is 3.65. The number of hydrogen-bond donors (Lipinski definition) is 9. The van der Waals surface area contributed by atoms with Crippen molar-refractivity contribution in [3.8, 4) is 6.07 Å². The lowest BCUT2D eigenvalue weighted by atomic mass is 9.99. The largest absolute Gasteiger partial charge is 0.356 e. The van der Waals surface area contributed by atoms with E-state index in [0.717, 1.165) is 0 Å². The molecule has 1 aliphatic rings. The molecule has 0 aliphatic carbocycles. The van der Waals surface area contributed by atoms with E-state index in [1.54, 1.807) is 18.2 Å². The van der Waals surface area contributed by atoms with Gasteiger partial charge in [-0.05, 0) is 37.8 Å². The minimum absolute atomic E-state index is 0.167. The van der Waals surface area contributed by atoms with Crippen LogP contribution in [0.4, 0.5) is 0 Å². The van der Waals surface area contributed by atoms with Gasteiger partial charge < -0.3 is 47.5 Å². The van der Waals surface area contributed by atoms with Gasteiger partial charge in [0.25, 0.3) is 0 Å². The summed E-state index contributed by atoms with van der Waals surface area (Å²) in [5.74, 6) is -5.24. The molecule has 2 heterocycles. The van der Waals surface area contributed by atoms with Gasteiger partial charge in [0.2, 0.25) is 47.3 Å². The van der Waals surface area contributed by atoms with Crippen LogP contribution in [0.5, 0.6) is 0 Å². The summed E-state index contributed by atoms with van der Waals surface area (Å²) in [7, 11) is 0. The molecule has 19 nitrogen and oxygen atoms in total. The van der Waals surface area contributed by atoms with Gasteiger partial charge in [0.1, 0.15) is 24.2 Å². The van der Waals surface area contributed by atoms with Crippen molar-refractivity contribution >= 4 is 47.3 Å². The summed E-state index contributed by atoms with van der Waals surface area (Å²) in [5, 5.41) is 30.1. The first-order valence-electron chi connectivity index (χ1n) is 17.1. The van der Waals surface area contributed by atoms with Crippen LogP contribution in [0.2, 0.25) is 0 Å². The molecule has 1 fully saturated rings. The van der Waals surface area contributed by atoms with E-state index in [4.69, 9.17) is 0 Å². The van der Waals surface area contributed by atoms with Crippen LogP contribution in [0.1, 0.15) is 56.4 Å². The fraction of sp³-hybridized carbons (Fsp3) is 0.471. The number of aromatic nitrogens is 2. The van der Waals surface area contributed by atoms with E-state index in [0.29, 0.717) is 24.1 Å². The van der Waals surface area contributed by atoms with Crippen LogP contribution in [-0.2, 0) is 51.2 Å². The Bertz CT molecular complexity index is 1670. The lowest BCUT2D eigenvalue weighted by Crippen LogP contribution is -2.58. The maximum Gasteiger partial charge on any atom is 0.243 e. The van der Waals surface area contributed by atoms with Gasteiger partial charge >= 0.3 is 0 Å². The van der Waals surface area contributed by atoms with E-state index >= 15 is 0 Å². The fourth-order valence-electron chi connectivity index (χ4n) is 5.18. The molecule has 0 bridgehead atoms. The van der Waals surface area contributed by atoms with Crippen LogP contribution in [-0.4, -0.2) is 108 Å². The highest BCUT2D eigenvalue weighted by Gasteiger charge is 2.31. The molecule has 19 heteroatoms. The quantitative estimate of drug-likeness (QED) is 0.140. The molecule has 0 radical (unpaired) electrons. The highest BCUT2D eigenvalue weighted by molar-refractivity contribution is 5.96. The van der Waals surface area contributed by atoms with Crippen molar-refractivity contribution in [2.75, 3.05) is 26.2 Å². The van der Waals surface area contributed by atoms with E-state index in [9.17, 15) is 43.6 Å². The van der Waals surface area contributed by atoms with Crippen molar-refractivity contribution in [2.24, 2.45) is 0 Å². The predicted octanol–water partition coefficient (Wildman–Crippen LogP) is -2.92. The monoisotopic (exact) mass is 735 g/mol. The minimum Gasteiger partial charge on any atom is -0.356 e. The molecule has 4 atom stereocenters. The summed E-state index contributed by atoms with van der Waals surface area (Å²) >= 11 is 0. The van der Waals surface area contributed by atoms with Gasteiger partial charge in [-0.1, -0.05) is 18.2 Å². The molecule has 9 N–H and O–H groups in total. The first-order chi connectivity index (χ1) is 25.4. The molecule has 0 saturated carbocycles. The number of carbonyl (C=O) groups excluding carboxylic acids is 8. The lowest BCUT2D eigenvalue weighted by molar-refractivity contribution is -0.134. The number of hydrogen-bond acceptors (Lipinski definition) is 10. The number of nitriles is 1. The number of benzene rings is 1. The van der Waals surface area contributed by atoms with Crippen LogP contribution in [0, 0.1) is 11.3 Å². The Balaban J connectivity index is 1.94. The fourth-order valence-corrected chi connectivity index (χ4v) is 5.18. The Morgan fingerprint density at radius 3 is 2.26 bits per heavy atom. The summed E-state index contributed by atoms with van der Waals surface area (Å²) < 4.78 is 0. The third-order valence-electron chi connectivity index (χ3n) is 8.02. The predicted molar refractivity (Wildman–Crippen MR) is 187 cm³/mol. The molecule has 1 aromatic carbocycles. The van der Waals surface area contributed by atoms with Crippen LogP contribution >= 0.6 is 0 Å². The molecule has 3 rings (SSSR count). The maximum atomic E-state index is 13.9. The molecule has 0 unspecified atom stereocenters. The highest BCUT2D eigenvalue weighted by Crippen LogP contribution is 2.12. The molecule has 284 valence electrons. The van der Waals surface area contributed by atoms with Crippen LogP contribution < -0.4 is 42.5 Å². The smallest absolute Gasteiger partial charge is 0.243 e. The van der Waals surface area contributed by atoms with Crippen LogP contribution in [0.3, 0.4) is 0 Å². The normalized spacial score (nSPS) is 21.6. The number of aromatic amines is 1. The summed E-state index contributed by atoms with van der Waals surface area (Å²) in [4.78, 5) is 110. The number of nitrogens with one attached hydrogen (secondary N) is 9. The van der Waals surface area contributed by atoms with Crippen molar-refractivity contribution in [3.63, 3.8) is 0 Å². The van der Waals surface area contributed by atoms with Crippen LogP contribution in [0.25, 0.3) is 0 Å². The summed E-state index contributed by atoms with van der Waals surface area (Å²) in [6.07, 6.45) is 3.15.